The number of urea groups is 1. The van der Waals surface area contributed by atoms with Crippen LogP contribution in [0, 0.1) is 6.92 Å². The van der Waals surface area contributed by atoms with Gasteiger partial charge in [-0.15, -0.1) is 0 Å². The molecule has 21 heavy (non-hydrogen) atoms. The molecule has 1 aromatic carbocycles. The lowest BCUT2D eigenvalue weighted by Crippen LogP contribution is -2.46. The maximum atomic E-state index is 12.2. The molecular weight excluding hydrogens is 264 g/mol. The molecule has 0 saturated heterocycles. The molecule has 0 atom stereocenters. The average Bonchev–Trinajstić information content (AvgIpc) is 2.44. The number of amides is 2. The maximum Gasteiger partial charge on any atom is 0.317 e. The molecule has 0 heterocycles. The summed E-state index contributed by atoms with van der Waals surface area (Å²) in [6.45, 7) is 9.95. The minimum absolute atomic E-state index is 0.00527. The lowest BCUT2D eigenvalue weighted by atomic mass is 9.84. The first-order valence-corrected chi connectivity index (χ1v) is 7.61. The number of hydrogen-bond acceptors (Lipinski definition) is 2. The Hall–Kier alpha value is -1.55. The second-order valence-electron chi connectivity index (χ2n) is 6.12. The number of nitrogens with one attached hydrogen (secondary N) is 1. The molecule has 0 aliphatic rings. The van der Waals surface area contributed by atoms with Crippen LogP contribution >= 0.6 is 0 Å². The van der Waals surface area contributed by atoms with E-state index in [1.54, 1.807) is 4.90 Å². The van der Waals surface area contributed by atoms with E-state index >= 15 is 0 Å². The van der Waals surface area contributed by atoms with Crippen LogP contribution in [-0.4, -0.2) is 42.3 Å². The van der Waals surface area contributed by atoms with Crippen molar-refractivity contribution in [2.45, 2.75) is 39.5 Å². The molecule has 0 aromatic heterocycles. The molecule has 0 fully saturated rings. The topological polar surface area (TPSA) is 52.6 Å². The van der Waals surface area contributed by atoms with E-state index in [1.807, 2.05) is 13.0 Å². The van der Waals surface area contributed by atoms with Crippen LogP contribution in [0.1, 0.15) is 38.3 Å². The molecular formula is C17H28N2O2. The van der Waals surface area contributed by atoms with Gasteiger partial charge in [0.05, 0.1) is 6.61 Å². The number of benzene rings is 1. The first-order chi connectivity index (χ1) is 9.90. The second kappa shape index (κ2) is 8.03. The van der Waals surface area contributed by atoms with E-state index in [2.05, 4.69) is 44.3 Å². The van der Waals surface area contributed by atoms with Crippen LogP contribution in [0.4, 0.5) is 4.79 Å². The number of hydrogen-bond donors (Lipinski definition) is 2. The number of rotatable bonds is 7. The third kappa shape index (κ3) is 5.38. The highest BCUT2D eigenvalue weighted by Crippen LogP contribution is 2.23. The van der Waals surface area contributed by atoms with Crippen molar-refractivity contribution in [3.8, 4) is 0 Å². The number of aliphatic hydroxyl groups is 1. The lowest BCUT2D eigenvalue weighted by Gasteiger charge is -2.28. The molecule has 0 unspecified atom stereocenters. The van der Waals surface area contributed by atoms with Gasteiger partial charge in [0.1, 0.15) is 0 Å². The van der Waals surface area contributed by atoms with Gasteiger partial charge in [-0.3, -0.25) is 0 Å². The Morgan fingerprint density at radius 1 is 1.33 bits per heavy atom. The Labute approximate surface area is 128 Å². The van der Waals surface area contributed by atoms with Gasteiger partial charge in [0.2, 0.25) is 0 Å². The maximum absolute atomic E-state index is 12.2. The van der Waals surface area contributed by atoms with Gasteiger partial charge in [-0.2, -0.15) is 0 Å². The van der Waals surface area contributed by atoms with Gasteiger partial charge >= 0.3 is 6.03 Å². The first-order valence-electron chi connectivity index (χ1n) is 7.61. The van der Waals surface area contributed by atoms with Gasteiger partial charge in [-0.1, -0.05) is 50.6 Å². The van der Waals surface area contributed by atoms with E-state index in [9.17, 15) is 4.79 Å². The smallest absolute Gasteiger partial charge is 0.317 e. The van der Waals surface area contributed by atoms with Crippen molar-refractivity contribution in [1.29, 1.82) is 0 Å². The van der Waals surface area contributed by atoms with Crippen molar-refractivity contribution < 1.29 is 9.90 Å². The van der Waals surface area contributed by atoms with Crippen LogP contribution in [0.15, 0.2) is 24.3 Å². The fraction of sp³-hybridized carbons (Fsp3) is 0.588. The first kappa shape index (κ1) is 17.5. The van der Waals surface area contributed by atoms with E-state index in [0.717, 1.165) is 6.42 Å². The van der Waals surface area contributed by atoms with Gasteiger partial charge in [-0.25, -0.2) is 4.79 Å². The van der Waals surface area contributed by atoms with Crippen molar-refractivity contribution in [2.75, 3.05) is 26.2 Å². The Balaban J connectivity index is 2.65. The van der Waals surface area contributed by atoms with Crippen molar-refractivity contribution in [3.63, 3.8) is 0 Å². The van der Waals surface area contributed by atoms with Crippen molar-refractivity contribution in [3.05, 3.63) is 35.4 Å². The van der Waals surface area contributed by atoms with Gasteiger partial charge in [0, 0.05) is 25.0 Å². The Bertz CT molecular complexity index is 452. The van der Waals surface area contributed by atoms with Crippen LogP contribution in [0.25, 0.3) is 0 Å². The van der Waals surface area contributed by atoms with Crippen LogP contribution < -0.4 is 5.32 Å². The Kier molecular flexibility index (Phi) is 6.69. The predicted octanol–water partition coefficient (Wildman–Crippen LogP) is 2.69. The van der Waals surface area contributed by atoms with Crippen molar-refractivity contribution in [1.82, 2.24) is 10.2 Å². The van der Waals surface area contributed by atoms with E-state index in [-0.39, 0.29) is 18.1 Å². The SMILES string of the molecule is CCCN(CCO)C(=O)NCC(C)(C)c1cccc(C)c1. The fourth-order valence-corrected chi connectivity index (χ4v) is 2.28. The quantitative estimate of drug-likeness (QED) is 0.812. The Morgan fingerprint density at radius 3 is 2.62 bits per heavy atom. The Morgan fingerprint density at radius 2 is 2.05 bits per heavy atom. The zero-order valence-corrected chi connectivity index (χ0v) is 13.6. The number of nitrogens with zero attached hydrogens (tertiary/aromatic N) is 1. The summed E-state index contributed by atoms with van der Waals surface area (Å²) in [5.41, 5.74) is 2.31. The number of carbonyl (C=O) groups excluding carboxylic acids is 1. The van der Waals surface area contributed by atoms with E-state index in [1.165, 1.54) is 11.1 Å². The highest BCUT2D eigenvalue weighted by Gasteiger charge is 2.22. The van der Waals surface area contributed by atoms with E-state index in [0.29, 0.717) is 19.6 Å². The van der Waals surface area contributed by atoms with Gasteiger partial charge in [-0.05, 0) is 18.9 Å². The molecule has 0 aliphatic heterocycles. The molecule has 4 heteroatoms. The zero-order chi connectivity index (χ0) is 15.9. The normalized spacial score (nSPS) is 11.3. The average molecular weight is 292 g/mol. The molecule has 0 bridgehead atoms. The highest BCUT2D eigenvalue weighted by molar-refractivity contribution is 5.74. The molecule has 0 saturated carbocycles. The lowest BCUT2D eigenvalue weighted by molar-refractivity contribution is 0.175. The standard InChI is InChI=1S/C17H28N2O2/c1-5-9-19(10-11-20)16(21)18-13-17(3,4)15-8-6-7-14(2)12-15/h6-8,12,20H,5,9-11,13H2,1-4H3,(H,18,21). The molecule has 1 aromatic rings. The summed E-state index contributed by atoms with van der Waals surface area (Å²) in [4.78, 5) is 13.8. The summed E-state index contributed by atoms with van der Waals surface area (Å²) in [5, 5.41) is 12.0. The summed E-state index contributed by atoms with van der Waals surface area (Å²) in [7, 11) is 0. The molecule has 118 valence electrons. The molecule has 4 nitrogen and oxygen atoms in total. The van der Waals surface area contributed by atoms with Crippen molar-refractivity contribution in [2.24, 2.45) is 0 Å². The van der Waals surface area contributed by atoms with Gasteiger partial charge in [0.25, 0.3) is 0 Å². The summed E-state index contributed by atoms with van der Waals surface area (Å²) in [5.74, 6) is 0. The van der Waals surface area contributed by atoms with E-state index in [4.69, 9.17) is 5.11 Å². The molecule has 1 rings (SSSR count). The minimum Gasteiger partial charge on any atom is -0.395 e. The van der Waals surface area contributed by atoms with Gasteiger partial charge in [0.15, 0.2) is 0 Å². The third-order valence-electron chi connectivity index (χ3n) is 3.63. The zero-order valence-electron chi connectivity index (χ0n) is 13.6. The van der Waals surface area contributed by atoms with Gasteiger partial charge < -0.3 is 15.3 Å². The molecule has 0 radical (unpaired) electrons. The minimum atomic E-state index is -0.126. The summed E-state index contributed by atoms with van der Waals surface area (Å²) < 4.78 is 0. The van der Waals surface area contributed by atoms with Crippen LogP contribution in [0.2, 0.25) is 0 Å². The highest BCUT2D eigenvalue weighted by atomic mass is 16.3. The summed E-state index contributed by atoms with van der Waals surface area (Å²) >= 11 is 0. The van der Waals surface area contributed by atoms with Crippen LogP contribution in [0.3, 0.4) is 0 Å². The van der Waals surface area contributed by atoms with Crippen molar-refractivity contribution >= 4 is 6.03 Å². The van der Waals surface area contributed by atoms with Crippen LogP contribution in [-0.2, 0) is 5.41 Å². The monoisotopic (exact) mass is 292 g/mol. The second-order valence-corrected chi connectivity index (χ2v) is 6.12. The molecule has 0 spiro atoms. The summed E-state index contributed by atoms with van der Waals surface area (Å²) in [6.07, 6.45) is 0.884. The largest absolute Gasteiger partial charge is 0.395 e. The summed E-state index contributed by atoms with van der Waals surface area (Å²) in [6, 6.07) is 8.26. The predicted molar refractivity (Wildman–Crippen MR) is 86.6 cm³/mol. The number of aliphatic hydroxyl groups excluding tert-OH is 1. The van der Waals surface area contributed by atoms with Crippen LogP contribution in [0.5, 0.6) is 0 Å². The molecule has 2 N–H and O–H groups in total. The number of carbonyl (C=O) groups is 1. The fourth-order valence-electron chi connectivity index (χ4n) is 2.28. The molecule has 0 aliphatic carbocycles. The number of aryl methyl sites for hydroxylation is 1. The molecule has 2 amide bonds. The van der Waals surface area contributed by atoms with E-state index < -0.39 is 0 Å². The third-order valence-corrected chi connectivity index (χ3v) is 3.63.